The molecule has 4 rings (SSSR count). The van der Waals surface area contributed by atoms with Gasteiger partial charge in [0.2, 0.25) is 5.78 Å². The lowest BCUT2D eigenvalue weighted by atomic mass is 9.94. The molecular formula is C25H24N2O4. The van der Waals surface area contributed by atoms with Gasteiger partial charge < -0.3 is 19.3 Å². The van der Waals surface area contributed by atoms with Crippen molar-refractivity contribution in [3.8, 4) is 0 Å². The van der Waals surface area contributed by atoms with Crippen LogP contribution in [0.4, 0.5) is 5.69 Å². The molecule has 0 bridgehead atoms. The van der Waals surface area contributed by atoms with Gasteiger partial charge in [0, 0.05) is 26.3 Å². The van der Waals surface area contributed by atoms with Crippen molar-refractivity contribution < 1.29 is 19.1 Å². The third-order valence-corrected chi connectivity index (χ3v) is 5.50. The Morgan fingerprint density at radius 1 is 1.03 bits per heavy atom. The topological polar surface area (TPSA) is 74.0 Å². The van der Waals surface area contributed by atoms with Crippen LogP contribution in [0, 0.1) is 0 Å². The molecule has 1 aliphatic heterocycles. The van der Waals surface area contributed by atoms with Crippen molar-refractivity contribution in [2.75, 3.05) is 25.5 Å². The normalized spacial score (nSPS) is 16.1. The average molecular weight is 416 g/mol. The third kappa shape index (κ3) is 3.97. The maximum atomic E-state index is 13.1. The zero-order valence-corrected chi connectivity index (χ0v) is 17.5. The van der Waals surface area contributed by atoms with E-state index in [1.807, 2.05) is 73.6 Å². The number of hydrogen-bond acceptors (Lipinski definition) is 5. The average Bonchev–Trinajstić information content (AvgIpc) is 3.41. The van der Waals surface area contributed by atoms with Crippen LogP contribution in [0.15, 0.2) is 88.7 Å². The molecule has 0 radical (unpaired) electrons. The van der Waals surface area contributed by atoms with E-state index in [1.165, 1.54) is 12.3 Å². The van der Waals surface area contributed by atoms with E-state index in [2.05, 4.69) is 0 Å². The standard InChI is InChI=1S/C25H24N2O4/c1-26(2)19-12-10-18(11-13-19)22-21(23(28)20-9-6-16-31-20)24(29)25(30)27(22)15-14-17-7-4-3-5-8-17/h3-13,16,22,29H,14-15H2,1-2H3. The van der Waals surface area contributed by atoms with Gasteiger partial charge >= 0.3 is 0 Å². The van der Waals surface area contributed by atoms with Crippen molar-refractivity contribution in [2.45, 2.75) is 12.5 Å². The van der Waals surface area contributed by atoms with Crippen molar-refractivity contribution in [2.24, 2.45) is 0 Å². The molecule has 1 N–H and O–H groups in total. The van der Waals surface area contributed by atoms with Crippen LogP contribution in [0.1, 0.15) is 27.7 Å². The fourth-order valence-corrected chi connectivity index (χ4v) is 3.85. The summed E-state index contributed by atoms with van der Waals surface area (Å²) in [5.74, 6) is -1.46. The molecule has 2 aromatic carbocycles. The largest absolute Gasteiger partial charge is 0.503 e. The number of ketones is 1. The van der Waals surface area contributed by atoms with E-state index >= 15 is 0 Å². The van der Waals surface area contributed by atoms with Crippen LogP contribution < -0.4 is 4.90 Å². The number of aliphatic hydroxyl groups excluding tert-OH is 1. The Hall–Kier alpha value is -3.80. The van der Waals surface area contributed by atoms with Crippen LogP contribution in [0.3, 0.4) is 0 Å². The predicted octanol–water partition coefficient (Wildman–Crippen LogP) is 4.17. The number of hydrogen-bond donors (Lipinski definition) is 1. The highest BCUT2D eigenvalue weighted by Gasteiger charge is 2.44. The van der Waals surface area contributed by atoms with Crippen LogP contribution in [0.5, 0.6) is 0 Å². The molecule has 0 spiro atoms. The molecule has 6 heteroatoms. The van der Waals surface area contributed by atoms with Crippen LogP contribution in [-0.4, -0.2) is 42.3 Å². The first-order chi connectivity index (χ1) is 15.0. The highest BCUT2D eigenvalue weighted by Crippen LogP contribution is 2.39. The molecule has 31 heavy (non-hydrogen) atoms. The number of amides is 1. The smallest absolute Gasteiger partial charge is 0.290 e. The number of carbonyl (C=O) groups is 2. The minimum atomic E-state index is -0.690. The Bertz CT molecular complexity index is 1100. The summed E-state index contributed by atoms with van der Waals surface area (Å²) in [7, 11) is 3.88. The Morgan fingerprint density at radius 3 is 2.35 bits per heavy atom. The SMILES string of the molecule is CN(C)c1ccc(C2C(C(=O)c3ccco3)=C(O)C(=O)N2CCc2ccccc2)cc1. The number of furan rings is 1. The van der Waals surface area contributed by atoms with Gasteiger partial charge in [0.25, 0.3) is 5.91 Å². The zero-order valence-electron chi connectivity index (χ0n) is 17.5. The number of carbonyl (C=O) groups excluding carboxylic acids is 2. The molecular weight excluding hydrogens is 392 g/mol. The van der Waals surface area contributed by atoms with Crippen molar-refractivity contribution in [1.29, 1.82) is 0 Å². The molecule has 1 aliphatic rings. The number of nitrogens with zero attached hydrogens (tertiary/aromatic N) is 2. The van der Waals surface area contributed by atoms with Crippen LogP contribution >= 0.6 is 0 Å². The Kier molecular flexibility index (Phi) is 5.62. The molecule has 0 saturated carbocycles. The predicted molar refractivity (Wildman–Crippen MR) is 118 cm³/mol. The van der Waals surface area contributed by atoms with Gasteiger partial charge in [-0.2, -0.15) is 0 Å². The first kappa shape index (κ1) is 20.5. The maximum absolute atomic E-state index is 13.1. The fraction of sp³-hybridized carbons (Fsp3) is 0.200. The lowest BCUT2D eigenvalue weighted by molar-refractivity contribution is -0.129. The maximum Gasteiger partial charge on any atom is 0.290 e. The van der Waals surface area contributed by atoms with Crippen molar-refractivity contribution in [3.05, 3.63) is 101 Å². The molecule has 1 unspecified atom stereocenters. The minimum Gasteiger partial charge on any atom is -0.503 e. The second-order valence-corrected chi connectivity index (χ2v) is 7.69. The summed E-state index contributed by atoms with van der Waals surface area (Å²) < 4.78 is 5.26. The van der Waals surface area contributed by atoms with E-state index in [0.717, 1.165) is 16.8 Å². The molecule has 0 saturated heterocycles. The summed E-state index contributed by atoms with van der Waals surface area (Å²) in [5.41, 5.74) is 2.87. The summed E-state index contributed by atoms with van der Waals surface area (Å²) in [6.07, 6.45) is 2.00. The Balaban J connectivity index is 1.71. The summed E-state index contributed by atoms with van der Waals surface area (Å²) in [6.45, 7) is 0.363. The monoisotopic (exact) mass is 416 g/mol. The van der Waals surface area contributed by atoms with Gasteiger partial charge in [-0.05, 0) is 41.8 Å². The van der Waals surface area contributed by atoms with E-state index < -0.39 is 23.5 Å². The van der Waals surface area contributed by atoms with Gasteiger partial charge in [-0.3, -0.25) is 9.59 Å². The van der Waals surface area contributed by atoms with Crippen LogP contribution in [0.2, 0.25) is 0 Å². The molecule has 0 aliphatic carbocycles. The van der Waals surface area contributed by atoms with Gasteiger partial charge in [-0.25, -0.2) is 0 Å². The van der Waals surface area contributed by atoms with Gasteiger partial charge in [-0.1, -0.05) is 42.5 Å². The van der Waals surface area contributed by atoms with Crippen molar-refractivity contribution in [1.82, 2.24) is 4.90 Å². The number of benzene rings is 2. The minimum absolute atomic E-state index is 0.0469. The molecule has 2 heterocycles. The van der Waals surface area contributed by atoms with E-state index in [4.69, 9.17) is 4.42 Å². The van der Waals surface area contributed by atoms with Crippen molar-refractivity contribution in [3.63, 3.8) is 0 Å². The molecule has 158 valence electrons. The van der Waals surface area contributed by atoms with E-state index in [1.54, 1.807) is 11.0 Å². The second-order valence-electron chi connectivity index (χ2n) is 7.69. The quantitative estimate of drug-likeness (QED) is 0.585. The lowest BCUT2D eigenvalue weighted by Crippen LogP contribution is -2.33. The van der Waals surface area contributed by atoms with Gasteiger partial charge in [0.15, 0.2) is 11.5 Å². The molecule has 1 amide bonds. The van der Waals surface area contributed by atoms with Crippen molar-refractivity contribution >= 4 is 17.4 Å². The first-order valence-corrected chi connectivity index (χ1v) is 10.1. The Labute approximate surface area is 181 Å². The highest BCUT2D eigenvalue weighted by atomic mass is 16.3. The molecule has 6 nitrogen and oxygen atoms in total. The highest BCUT2D eigenvalue weighted by molar-refractivity contribution is 6.15. The van der Waals surface area contributed by atoms with Crippen LogP contribution in [0.25, 0.3) is 0 Å². The second kappa shape index (κ2) is 8.52. The van der Waals surface area contributed by atoms with Gasteiger partial charge in [0.05, 0.1) is 17.9 Å². The number of aliphatic hydroxyl groups is 1. The molecule has 1 aromatic heterocycles. The summed E-state index contributed by atoms with van der Waals surface area (Å²) in [5, 5.41) is 10.7. The summed E-state index contributed by atoms with van der Waals surface area (Å²) in [4.78, 5) is 29.7. The van der Waals surface area contributed by atoms with E-state index in [9.17, 15) is 14.7 Å². The lowest BCUT2D eigenvalue weighted by Gasteiger charge is -2.27. The molecule has 3 aromatic rings. The zero-order chi connectivity index (χ0) is 22.0. The summed E-state index contributed by atoms with van der Waals surface area (Å²) >= 11 is 0. The number of Topliss-reactive ketones (excluding diaryl/α,β-unsaturated/α-hetero) is 1. The van der Waals surface area contributed by atoms with Gasteiger partial charge in [0.1, 0.15) is 0 Å². The summed E-state index contributed by atoms with van der Waals surface area (Å²) in [6, 6.07) is 19.9. The number of rotatable bonds is 7. The van der Waals surface area contributed by atoms with Crippen LogP contribution in [-0.2, 0) is 11.2 Å². The van der Waals surface area contributed by atoms with E-state index in [-0.39, 0.29) is 11.3 Å². The molecule has 0 fully saturated rings. The molecule has 1 atom stereocenters. The number of anilines is 1. The first-order valence-electron chi connectivity index (χ1n) is 10.1. The third-order valence-electron chi connectivity index (χ3n) is 5.50. The Morgan fingerprint density at radius 2 is 1.74 bits per heavy atom. The van der Waals surface area contributed by atoms with E-state index in [0.29, 0.717) is 13.0 Å². The fourth-order valence-electron chi connectivity index (χ4n) is 3.85. The van der Waals surface area contributed by atoms with Gasteiger partial charge in [-0.15, -0.1) is 0 Å².